The fraction of sp³-hybridized carbons (Fsp3) is 0.600. The lowest BCUT2D eigenvalue weighted by Crippen LogP contribution is -1.88. The third kappa shape index (κ3) is 8.83. The second kappa shape index (κ2) is 11.7. The van der Waals surface area contributed by atoms with E-state index in [1.54, 1.807) is 6.07 Å². The summed E-state index contributed by atoms with van der Waals surface area (Å²) in [5, 5.41) is 30.4. The van der Waals surface area contributed by atoms with Gasteiger partial charge in [0.05, 0.1) is 0 Å². The SMILES string of the molecule is OOOSCCCCCCCCCc1cc(O)ccc1O. The van der Waals surface area contributed by atoms with Crippen LogP contribution in [0, 0.1) is 0 Å². The minimum Gasteiger partial charge on any atom is -0.508 e. The van der Waals surface area contributed by atoms with Crippen molar-refractivity contribution in [1.29, 1.82) is 0 Å². The summed E-state index contributed by atoms with van der Waals surface area (Å²) in [6.07, 6.45) is 8.73. The molecular weight excluding hydrogens is 292 g/mol. The maximum atomic E-state index is 9.65. The van der Waals surface area contributed by atoms with Crippen molar-refractivity contribution in [1.82, 2.24) is 0 Å². The molecule has 0 fully saturated rings. The van der Waals surface area contributed by atoms with E-state index in [2.05, 4.69) is 9.37 Å². The van der Waals surface area contributed by atoms with Crippen LogP contribution in [0.1, 0.15) is 50.5 Å². The number of phenols is 2. The first-order valence-electron chi connectivity index (χ1n) is 7.34. The zero-order valence-corrected chi connectivity index (χ0v) is 13.0. The fourth-order valence-corrected chi connectivity index (χ4v) is 2.62. The minimum atomic E-state index is 0.205. The summed E-state index contributed by atoms with van der Waals surface area (Å²) in [6.45, 7) is 0. The number of benzene rings is 1. The highest BCUT2D eigenvalue weighted by molar-refractivity contribution is 7.94. The molecule has 3 N–H and O–H groups in total. The number of phenolic OH excluding ortho intramolecular Hbond substituents is 2. The molecule has 0 spiro atoms. The van der Waals surface area contributed by atoms with Crippen LogP contribution < -0.4 is 0 Å². The van der Waals surface area contributed by atoms with Gasteiger partial charge in [0.2, 0.25) is 0 Å². The van der Waals surface area contributed by atoms with E-state index in [1.807, 2.05) is 0 Å². The normalized spacial score (nSPS) is 10.9. The first-order chi connectivity index (χ1) is 10.2. The van der Waals surface area contributed by atoms with Gasteiger partial charge in [-0.3, -0.25) is 0 Å². The Balaban J connectivity index is 1.94. The van der Waals surface area contributed by atoms with Gasteiger partial charge in [0, 0.05) is 17.8 Å². The summed E-state index contributed by atoms with van der Waals surface area (Å²) >= 11 is 1.11. The monoisotopic (exact) mass is 316 g/mol. The van der Waals surface area contributed by atoms with Crippen molar-refractivity contribution in [3.8, 4) is 11.5 Å². The number of rotatable bonds is 12. The van der Waals surface area contributed by atoms with Crippen molar-refractivity contribution in [2.24, 2.45) is 0 Å². The molecule has 21 heavy (non-hydrogen) atoms. The molecule has 0 atom stereocenters. The van der Waals surface area contributed by atoms with Gasteiger partial charge in [-0.05, 0) is 43.0 Å². The molecule has 0 aromatic heterocycles. The van der Waals surface area contributed by atoms with Crippen molar-refractivity contribution >= 4 is 12.0 Å². The van der Waals surface area contributed by atoms with E-state index in [0.29, 0.717) is 0 Å². The average molecular weight is 316 g/mol. The molecule has 0 aliphatic carbocycles. The van der Waals surface area contributed by atoms with Gasteiger partial charge in [-0.1, -0.05) is 37.1 Å². The number of unbranched alkanes of at least 4 members (excludes halogenated alkanes) is 6. The van der Waals surface area contributed by atoms with Gasteiger partial charge in [-0.15, -0.1) is 4.33 Å². The van der Waals surface area contributed by atoms with Gasteiger partial charge >= 0.3 is 0 Å². The number of aromatic hydroxyl groups is 2. The van der Waals surface area contributed by atoms with Crippen molar-refractivity contribution in [3.63, 3.8) is 0 Å². The first kappa shape index (κ1) is 18.1. The zero-order valence-electron chi connectivity index (χ0n) is 12.2. The van der Waals surface area contributed by atoms with Gasteiger partial charge in [0.1, 0.15) is 11.5 Å². The molecule has 0 bridgehead atoms. The molecular formula is C15H24O5S. The lowest BCUT2D eigenvalue weighted by Gasteiger charge is -2.05. The predicted octanol–water partition coefficient (Wildman–Crippen LogP) is 4.44. The van der Waals surface area contributed by atoms with Crippen molar-refractivity contribution in [2.45, 2.75) is 51.4 Å². The summed E-state index contributed by atoms with van der Waals surface area (Å²) in [6, 6.07) is 4.66. The highest BCUT2D eigenvalue weighted by Gasteiger charge is 2.02. The topological polar surface area (TPSA) is 79.2 Å². The molecule has 1 aromatic carbocycles. The molecule has 0 aliphatic heterocycles. The Kier molecular flexibility index (Phi) is 10.1. The van der Waals surface area contributed by atoms with E-state index in [9.17, 15) is 10.2 Å². The van der Waals surface area contributed by atoms with E-state index in [1.165, 1.54) is 31.4 Å². The third-order valence-electron chi connectivity index (χ3n) is 3.32. The second-order valence-electron chi connectivity index (χ2n) is 5.00. The van der Waals surface area contributed by atoms with Crippen LogP contribution in [0.4, 0.5) is 0 Å². The standard InChI is InChI=1S/C15H24O5S/c16-14-9-10-15(17)13(12-14)8-6-4-2-1-3-5-7-11-21-20-19-18/h9-10,12,16-18H,1-8,11H2. The smallest absolute Gasteiger partial charge is 0.119 e. The first-order valence-corrected chi connectivity index (χ1v) is 8.25. The maximum absolute atomic E-state index is 9.65. The molecule has 5 nitrogen and oxygen atoms in total. The summed E-state index contributed by atoms with van der Waals surface area (Å²) < 4.78 is 4.29. The minimum absolute atomic E-state index is 0.205. The molecule has 0 heterocycles. The third-order valence-corrected chi connectivity index (χ3v) is 3.93. The van der Waals surface area contributed by atoms with Crippen molar-refractivity contribution < 1.29 is 24.8 Å². The Morgan fingerprint density at radius 3 is 2.29 bits per heavy atom. The molecule has 0 saturated heterocycles. The van der Waals surface area contributed by atoms with Crippen molar-refractivity contribution in [2.75, 3.05) is 5.75 Å². The lowest BCUT2D eigenvalue weighted by molar-refractivity contribution is -0.432. The molecule has 0 radical (unpaired) electrons. The highest BCUT2D eigenvalue weighted by atomic mass is 32.2. The average Bonchev–Trinajstić information content (AvgIpc) is 2.48. The fourth-order valence-electron chi connectivity index (χ4n) is 2.19. The van der Waals surface area contributed by atoms with Crippen LogP contribution in [-0.2, 0) is 15.8 Å². The highest BCUT2D eigenvalue weighted by Crippen LogP contribution is 2.24. The van der Waals surface area contributed by atoms with Gasteiger partial charge in [0.15, 0.2) is 0 Å². The molecule has 6 heteroatoms. The quantitative estimate of drug-likeness (QED) is 0.174. The Hall–Kier alpha value is -0.950. The zero-order chi connectivity index (χ0) is 15.3. The van der Waals surface area contributed by atoms with E-state index < -0.39 is 0 Å². The summed E-state index contributed by atoms with van der Waals surface area (Å²) in [7, 11) is 0. The van der Waals surface area contributed by atoms with Crippen LogP contribution in [0.5, 0.6) is 11.5 Å². The van der Waals surface area contributed by atoms with E-state index in [0.717, 1.165) is 55.5 Å². The van der Waals surface area contributed by atoms with Gasteiger partial charge in [-0.25, -0.2) is 5.26 Å². The van der Waals surface area contributed by atoms with E-state index in [-0.39, 0.29) is 11.5 Å². The Morgan fingerprint density at radius 1 is 0.905 bits per heavy atom. The molecule has 0 amide bonds. The van der Waals surface area contributed by atoms with Crippen LogP contribution >= 0.6 is 12.0 Å². The molecule has 0 saturated carbocycles. The van der Waals surface area contributed by atoms with Crippen LogP contribution in [-0.4, -0.2) is 21.2 Å². The Bertz CT molecular complexity index is 386. The molecule has 1 rings (SSSR count). The molecule has 0 unspecified atom stereocenters. The number of hydrogen-bond acceptors (Lipinski definition) is 6. The summed E-state index contributed by atoms with van der Waals surface area (Å²) in [4.78, 5) is 0. The van der Waals surface area contributed by atoms with Crippen LogP contribution in [0.3, 0.4) is 0 Å². The van der Waals surface area contributed by atoms with Crippen LogP contribution in [0.15, 0.2) is 18.2 Å². The predicted molar refractivity (Wildman–Crippen MR) is 83.1 cm³/mol. The van der Waals surface area contributed by atoms with Crippen molar-refractivity contribution in [3.05, 3.63) is 23.8 Å². The number of aryl methyl sites for hydroxylation is 1. The summed E-state index contributed by atoms with van der Waals surface area (Å²) in [5.74, 6) is 1.28. The van der Waals surface area contributed by atoms with E-state index in [4.69, 9.17) is 5.26 Å². The lowest BCUT2D eigenvalue weighted by atomic mass is 10.0. The van der Waals surface area contributed by atoms with Gasteiger partial charge in [0.25, 0.3) is 0 Å². The maximum Gasteiger partial charge on any atom is 0.119 e. The summed E-state index contributed by atoms with van der Waals surface area (Å²) in [5.41, 5.74) is 0.818. The number of hydrogen-bond donors (Lipinski definition) is 3. The second-order valence-corrected chi connectivity index (χ2v) is 5.78. The van der Waals surface area contributed by atoms with Crippen LogP contribution in [0.25, 0.3) is 0 Å². The largest absolute Gasteiger partial charge is 0.508 e. The van der Waals surface area contributed by atoms with Gasteiger partial charge in [-0.2, -0.15) is 0 Å². The Labute approximate surface area is 130 Å². The molecule has 1 aromatic rings. The molecule has 0 aliphatic rings. The van der Waals surface area contributed by atoms with E-state index >= 15 is 0 Å². The van der Waals surface area contributed by atoms with Crippen LogP contribution in [0.2, 0.25) is 0 Å². The Morgan fingerprint density at radius 2 is 1.57 bits per heavy atom. The van der Waals surface area contributed by atoms with Gasteiger partial charge < -0.3 is 10.2 Å². The molecule has 120 valence electrons.